The van der Waals surface area contributed by atoms with Crippen LogP contribution in [-0.2, 0) is 13.1 Å². The van der Waals surface area contributed by atoms with Crippen molar-refractivity contribution in [2.24, 2.45) is 0 Å². The molecule has 1 unspecified atom stereocenters. The molecule has 2 aromatic carbocycles. The molecule has 3 heterocycles. The Morgan fingerprint density at radius 2 is 1.95 bits per heavy atom. The predicted octanol–water partition coefficient (Wildman–Crippen LogP) is 5.98. The molecule has 6 rings (SSSR count). The zero-order valence-electron chi connectivity index (χ0n) is 21.2. The van der Waals surface area contributed by atoms with Gasteiger partial charge in [0.2, 0.25) is 0 Å². The van der Waals surface area contributed by atoms with E-state index in [-0.39, 0.29) is 11.6 Å². The first-order chi connectivity index (χ1) is 18.6. The minimum absolute atomic E-state index is 0.169. The maximum absolute atomic E-state index is 13.7. The molecule has 0 amide bonds. The summed E-state index contributed by atoms with van der Waals surface area (Å²) in [4.78, 5) is 19.0. The molecule has 5 aromatic rings. The van der Waals surface area contributed by atoms with Crippen LogP contribution in [0.15, 0.2) is 76.1 Å². The average molecular weight is 529 g/mol. The fourth-order valence-corrected chi connectivity index (χ4v) is 5.71. The highest BCUT2D eigenvalue weighted by atomic mass is 35.5. The Balaban J connectivity index is 1.54. The maximum atomic E-state index is 13.7. The lowest BCUT2D eigenvalue weighted by Crippen LogP contribution is -2.35. The van der Waals surface area contributed by atoms with Gasteiger partial charge in [-0.15, -0.1) is 5.10 Å². The van der Waals surface area contributed by atoms with Crippen LogP contribution in [0.25, 0.3) is 10.9 Å². The van der Waals surface area contributed by atoms with Crippen LogP contribution in [0, 0.1) is 6.92 Å². The van der Waals surface area contributed by atoms with Crippen molar-refractivity contribution in [3.8, 4) is 0 Å². The van der Waals surface area contributed by atoms with Gasteiger partial charge in [0.05, 0.1) is 18.8 Å². The highest BCUT2D eigenvalue weighted by Gasteiger charge is 2.34. The third-order valence-electron chi connectivity index (χ3n) is 7.39. The van der Waals surface area contributed by atoms with E-state index >= 15 is 0 Å². The zero-order valence-corrected chi connectivity index (χ0v) is 21.9. The van der Waals surface area contributed by atoms with Crippen LogP contribution in [0.2, 0.25) is 5.02 Å². The monoisotopic (exact) mass is 528 g/mol. The summed E-state index contributed by atoms with van der Waals surface area (Å²) in [7, 11) is 0. The molecule has 1 atom stereocenters. The van der Waals surface area contributed by atoms with Crippen LogP contribution < -0.4 is 5.56 Å². The molecular weight excluding hydrogens is 500 g/mol. The number of pyridine rings is 1. The minimum Gasteiger partial charge on any atom is -0.468 e. The van der Waals surface area contributed by atoms with Crippen molar-refractivity contribution in [3.63, 3.8) is 0 Å². The molecule has 0 saturated heterocycles. The molecule has 1 fully saturated rings. The van der Waals surface area contributed by atoms with Crippen LogP contribution in [0.5, 0.6) is 0 Å². The van der Waals surface area contributed by atoms with E-state index in [1.54, 1.807) is 6.26 Å². The third-order valence-corrected chi connectivity index (χ3v) is 7.76. The van der Waals surface area contributed by atoms with Crippen molar-refractivity contribution in [1.82, 2.24) is 30.1 Å². The van der Waals surface area contributed by atoms with Gasteiger partial charge in [0.15, 0.2) is 5.82 Å². The van der Waals surface area contributed by atoms with Crippen molar-refractivity contribution in [2.45, 2.75) is 57.8 Å². The molecule has 3 aromatic heterocycles. The summed E-state index contributed by atoms with van der Waals surface area (Å²) >= 11 is 6.62. The SMILES string of the molecule is Cc1ccc2cc(C(c3nnnn3C3CCCC3)N(Cc3ccco3)Cc3ccccc3Cl)c(=O)[nH]c2c1. The molecule has 8 nitrogen and oxygen atoms in total. The number of hydrogen-bond acceptors (Lipinski definition) is 6. The summed E-state index contributed by atoms with van der Waals surface area (Å²) in [6.45, 7) is 2.92. The molecule has 1 aliphatic carbocycles. The second-order valence-electron chi connectivity index (χ2n) is 10.0. The van der Waals surface area contributed by atoms with Gasteiger partial charge in [-0.2, -0.15) is 0 Å². The summed E-state index contributed by atoms with van der Waals surface area (Å²) in [6.07, 6.45) is 5.97. The Kier molecular flexibility index (Phi) is 6.82. The van der Waals surface area contributed by atoms with Gasteiger partial charge in [0.1, 0.15) is 11.8 Å². The summed E-state index contributed by atoms with van der Waals surface area (Å²) in [5, 5.41) is 14.7. The van der Waals surface area contributed by atoms with E-state index in [1.165, 1.54) is 0 Å². The molecule has 1 saturated carbocycles. The molecule has 0 bridgehead atoms. The second-order valence-corrected chi connectivity index (χ2v) is 10.4. The van der Waals surface area contributed by atoms with Gasteiger partial charge in [0.25, 0.3) is 5.56 Å². The van der Waals surface area contributed by atoms with Crippen LogP contribution >= 0.6 is 11.6 Å². The van der Waals surface area contributed by atoms with Crippen LogP contribution in [-0.4, -0.2) is 30.1 Å². The minimum atomic E-state index is -0.540. The zero-order chi connectivity index (χ0) is 26.1. The van der Waals surface area contributed by atoms with Gasteiger partial charge in [-0.25, -0.2) is 4.68 Å². The second kappa shape index (κ2) is 10.6. The first-order valence-corrected chi connectivity index (χ1v) is 13.4. The van der Waals surface area contributed by atoms with Gasteiger partial charge < -0.3 is 9.40 Å². The van der Waals surface area contributed by atoms with Crippen LogP contribution in [0.4, 0.5) is 0 Å². The van der Waals surface area contributed by atoms with E-state index in [2.05, 4.69) is 25.4 Å². The van der Waals surface area contributed by atoms with Gasteiger partial charge in [-0.3, -0.25) is 9.69 Å². The van der Waals surface area contributed by atoms with Gasteiger partial charge in [-0.1, -0.05) is 54.8 Å². The first-order valence-electron chi connectivity index (χ1n) is 13.0. The van der Waals surface area contributed by atoms with Gasteiger partial charge >= 0.3 is 0 Å². The molecule has 0 radical (unpaired) electrons. The van der Waals surface area contributed by atoms with E-state index < -0.39 is 6.04 Å². The Hall–Kier alpha value is -3.75. The molecular formula is C29H29ClN6O2. The predicted molar refractivity (Wildman–Crippen MR) is 146 cm³/mol. The number of fused-ring (bicyclic) bond motifs is 1. The van der Waals surface area contributed by atoms with Gasteiger partial charge in [0, 0.05) is 22.6 Å². The normalized spacial score (nSPS) is 15.0. The summed E-state index contributed by atoms with van der Waals surface area (Å²) in [5.41, 5.74) is 3.24. The lowest BCUT2D eigenvalue weighted by Gasteiger charge is -2.31. The topological polar surface area (TPSA) is 92.8 Å². The Morgan fingerprint density at radius 3 is 2.74 bits per heavy atom. The third kappa shape index (κ3) is 4.89. The van der Waals surface area contributed by atoms with Crippen LogP contribution in [0.3, 0.4) is 0 Å². The standard InChI is InChI=1S/C29H29ClN6O2/c1-19-12-13-20-16-24(29(37)31-26(20)15-19)27(28-32-33-34-36(28)22-8-3-4-9-22)35(18-23-10-6-14-38-23)17-21-7-2-5-11-25(21)30/h2,5-7,10-16,22,27H,3-4,8-9,17-18H2,1H3,(H,31,37). The van der Waals surface area contributed by atoms with Crippen molar-refractivity contribution in [1.29, 1.82) is 0 Å². The molecule has 1 aliphatic rings. The molecule has 0 spiro atoms. The number of tetrazole rings is 1. The summed E-state index contributed by atoms with van der Waals surface area (Å²) in [5.74, 6) is 1.42. The van der Waals surface area contributed by atoms with Crippen molar-refractivity contribution in [2.75, 3.05) is 0 Å². The number of aromatic nitrogens is 5. The molecule has 0 aliphatic heterocycles. The highest BCUT2D eigenvalue weighted by molar-refractivity contribution is 6.31. The summed E-state index contributed by atoms with van der Waals surface area (Å²) in [6, 6.07) is 19.3. The number of aryl methyl sites for hydroxylation is 1. The number of halogens is 1. The molecule has 1 N–H and O–H groups in total. The van der Waals surface area contributed by atoms with E-state index in [0.29, 0.717) is 29.5 Å². The Labute approximate surface area is 225 Å². The van der Waals surface area contributed by atoms with Gasteiger partial charge in [-0.05, 0) is 77.0 Å². The number of H-pyrrole nitrogens is 1. The lowest BCUT2D eigenvalue weighted by atomic mass is 10.0. The Morgan fingerprint density at radius 1 is 1.11 bits per heavy atom. The number of rotatable bonds is 8. The summed E-state index contributed by atoms with van der Waals surface area (Å²) < 4.78 is 7.69. The first kappa shape index (κ1) is 24.6. The molecule has 38 heavy (non-hydrogen) atoms. The molecule has 9 heteroatoms. The van der Waals surface area contributed by atoms with E-state index in [1.807, 2.05) is 72.3 Å². The smallest absolute Gasteiger partial charge is 0.253 e. The van der Waals surface area contributed by atoms with E-state index in [9.17, 15) is 4.79 Å². The number of benzene rings is 2. The number of hydrogen-bond donors (Lipinski definition) is 1. The maximum Gasteiger partial charge on any atom is 0.253 e. The van der Waals surface area contributed by atoms with Crippen molar-refractivity contribution >= 4 is 22.5 Å². The van der Waals surface area contributed by atoms with E-state index in [0.717, 1.165) is 53.5 Å². The highest BCUT2D eigenvalue weighted by Crippen LogP contribution is 2.35. The molecule has 194 valence electrons. The fraction of sp³-hybridized carbons (Fsp3) is 0.310. The quantitative estimate of drug-likeness (QED) is 0.266. The average Bonchev–Trinajstić information content (AvgIpc) is 3.69. The van der Waals surface area contributed by atoms with Crippen LogP contribution in [0.1, 0.15) is 66.0 Å². The number of furan rings is 1. The number of aromatic amines is 1. The van der Waals surface area contributed by atoms with E-state index in [4.69, 9.17) is 16.0 Å². The largest absolute Gasteiger partial charge is 0.468 e. The van der Waals surface area contributed by atoms with Crippen molar-refractivity contribution < 1.29 is 4.42 Å². The fourth-order valence-electron chi connectivity index (χ4n) is 5.51. The number of nitrogens with zero attached hydrogens (tertiary/aromatic N) is 5. The number of nitrogens with one attached hydrogen (secondary N) is 1. The lowest BCUT2D eigenvalue weighted by molar-refractivity contribution is 0.176. The Bertz CT molecular complexity index is 1600. The van der Waals surface area contributed by atoms with Crippen molar-refractivity contribution in [3.05, 3.63) is 111 Å².